The quantitative estimate of drug-likeness (QED) is 0.890. The van der Waals surface area contributed by atoms with Crippen LogP contribution >= 0.6 is 0 Å². The Hall–Kier alpha value is -2.31. The van der Waals surface area contributed by atoms with Crippen LogP contribution in [0.3, 0.4) is 0 Å². The lowest BCUT2D eigenvalue weighted by molar-refractivity contribution is -0.145. The second-order valence-corrected chi connectivity index (χ2v) is 7.72. The van der Waals surface area contributed by atoms with Crippen LogP contribution in [0.5, 0.6) is 0 Å². The Morgan fingerprint density at radius 2 is 1.92 bits per heavy atom. The van der Waals surface area contributed by atoms with E-state index in [0.717, 1.165) is 5.76 Å². The summed E-state index contributed by atoms with van der Waals surface area (Å²) in [7, 11) is 1.68. The number of carboxylic acids is 1. The Morgan fingerprint density at radius 1 is 1.31 bits per heavy atom. The van der Waals surface area contributed by atoms with E-state index in [-0.39, 0.29) is 24.2 Å². The summed E-state index contributed by atoms with van der Waals surface area (Å²) >= 11 is 0. The zero-order chi connectivity index (χ0) is 19.2. The number of piperidine rings is 1. The molecule has 1 aromatic rings. The molecule has 1 atom stereocenters. The zero-order valence-electron chi connectivity index (χ0n) is 15.7. The molecule has 26 heavy (non-hydrogen) atoms. The monoisotopic (exact) mass is 362 g/mol. The molecular weight excluding hydrogens is 336 g/mol. The molecular formula is C19H26N2O5. The fourth-order valence-electron chi connectivity index (χ4n) is 4.25. The highest BCUT2D eigenvalue weighted by Gasteiger charge is 2.55. The summed E-state index contributed by atoms with van der Waals surface area (Å²) < 4.78 is 5.68. The zero-order valence-corrected chi connectivity index (χ0v) is 15.7. The average molecular weight is 362 g/mol. The van der Waals surface area contributed by atoms with Crippen LogP contribution in [0.2, 0.25) is 0 Å². The Kier molecular flexibility index (Phi) is 4.58. The van der Waals surface area contributed by atoms with Crippen molar-refractivity contribution in [2.45, 2.75) is 51.5 Å². The molecule has 7 heteroatoms. The molecule has 0 saturated carbocycles. The Labute approximate surface area is 152 Å². The standard InChI is InChI=1S/C19H26N2O5/c1-11(2)15-9-13(12(3)26-15)17(23)21-7-5-19(6-8-21)14(18(24)25)10-16(22)20(19)4/h9,11,14H,5-8,10H2,1-4H3,(H,24,25). The van der Waals surface area contributed by atoms with Gasteiger partial charge in [-0.05, 0) is 25.8 Å². The predicted molar refractivity (Wildman–Crippen MR) is 93.9 cm³/mol. The summed E-state index contributed by atoms with van der Waals surface area (Å²) in [6.45, 7) is 6.67. The van der Waals surface area contributed by atoms with E-state index >= 15 is 0 Å². The second kappa shape index (κ2) is 6.45. The first-order valence-electron chi connectivity index (χ1n) is 9.06. The van der Waals surface area contributed by atoms with Crippen molar-refractivity contribution < 1.29 is 23.9 Å². The number of aliphatic carboxylic acids is 1. The van der Waals surface area contributed by atoms with Crippen LogP contribution in [-0.2, 0) is 9.59 Å². The largest absolute Gasteiger partial charge is 0.481 e. The number of hydrogen-bond donors (Lipinski definition) is 1. The van der Waals surface area contributed by atoms with E-state index in [9.17, 15) is 19.5 Å². The number of furan rings is 1. The Bertz CT molecular complexity index is 743. The van der Waals surface area contributed by atoms with Gasteiger partial charge in [0.25, 0.3) is 5.91 Å². The number of likely N-dealkylation sites (tertiary alicyclic amines) is 2. The van der Waals surface area contributed by atoms with Crippen molar-refractivity contribution in [1.82, 2.24) is 9.80 Å². The summed E-state index contributed by atoms with van der Waals surface area (Å²) in [4.78, 5) is 39.9. The van der Waals surface area contributed by atoms with E-state index in [1.807, 2.05) is 13.8 Å². The van der Waals surface area contributed by atoms with Gasteiger partial charge in [-0.15, -0.1) is 0 Å². The lowest BCUT2D eigenvalue weighted by Crippen LogP contribution is -2.57. The van der Waals surface area contributed by atoms with Crippen LogP contribution in [0, 0.1) is 12.8 Å². The molecule has 2 amide bonds. The van der Waals surface area contributed by atoms with Crippen molar-refractivity contribution in [3.8, 4) is 0 Å². The maximum Gasteiger partial charge on any atom is 0.309 e. The number of aryl methyl sites for hydroxylation is 1. The van der Waals surface area contributed by atoms with Crippen LogP contribution in [0.4, 0.5) is 0 Å². The topological polar surface area (TPSA) is 91.1 Å². The highest BCUT2D eigenvalue weighted by molar-refractivity contribution is 5.95. The van der Waals surface area contributed by atoms with Crippen LogP contribution in [0.1, 0.15) is 60.9 Å². The lowest BCUT2D eigenvalue weighted by Gasteiger charge is -2.45. The minimum absolute atomic E-state index is 0.0400. The van der Waals surface area contributed by atoms with Gasteiger partial charge in [-0.25, -0.2) is 0 Å². The molecule has 7 nitrogen and oxygen atoms in total. The molecule has 2 aliphatic rings. The molecule has 1 aromatic heterocycles. The first-order valence-corrected chi connectivity index (χ1v) is 9.06. The molecule has 0 radical (unpaired) electrons. The van der Waals surface area contributed by atoms with Gasteiger partial charge in [0.05, 0.1) is 17.0 Å². The fourth-order valence-corrected chi connectivity index (χ4v) is 4.25. The summed E-state index contributed by atoms with van der Waals surface area (Å²) in [5.41, 5.74) is -0.121. The van der Waals surface area contributed by atoms with Gasteiger partial charge in [-0.3, -0.25) is 14.4 Å². The summed E-state index contributed by atoms with van der Waals surface area (Å²) in [5.74, 6) is -0.275. The van der Waals surface area contributed by atoms with Gasteiger partial charge in [0.15, 0.2) is 0 Å². The molecule has 142 valence electrons. The fraction of sp³-hybridized carbons (Fsp3) is 0.632. The van der Waals surface area contributed by atoms with E-state index in [1.165, 1.54) is 0 Å². The van der Waals surface area contributed by atoms with Gasteiger partial charge >= 0.3 is 5.97 Å². The molecule has 0 aliphatic carbocycles. The molecule has 2 saturated heterocycles. The van der Waals surface area contributed by atoms with Crippen LogP contribution in [0.25, 0.3) is 0 Å². The summed E-state index contributed by atoms with van der Waals surface area (Å²) in [6, 6.07) is 1.80. The molecule has 1 N–H and O–H groups in total. The van der Waals surface area contributed by atoms with Gasteiger partial charge < -0.3 is 19.3 Å². The number of hydrogen-bond acceptors (Lipinski definition) is 4. The van der Waals surface area contributed by atoms with Gasteiger partial charge in [0.1, 0.15) is 11.5 Å². The normalized spacial score (nSPS) is 22.5. The van der Waals surface area contributed by atoms with Crippen molar-refractivity contribution in [2.75, 3.05) is 20.1 Å². The van der Waals surface area contributed by atoms with E-state index in [4.69, 9.17) is 4.42 Å². The smallest absolute Gasteiger partial charge is 0.309 e. The molecule has 3 heterocycles. The van der Waals surface area contributed by atoms with Crippen molar-refractivity contribution in [2.24, 2.45) is 5.92 Å². The molecule has 1 unspecified atom stereocenters. The second-order valence-electron chi connectivity index (χ2n) is 7.72. The van der Waals surface area contributed by atoms with E-state index in [2.05, 4.69) is 0 Å². The van der Waals surface area contributed by atoms with Gasteiger partial charge in [-0.1, -0.05) is 13.8 Å². The van der Waals surface area contributed by atoms with E-state index in [1.54, 1.807) is 29.8 Å². The minimum atomic E-state index is -0.935. The average Bonchev–Trinajstić information content (AvgIpc) is 3.09. The van der Waals surface area contributed by atoms with E-state index < -0.39 is 17.4 Å². The van der Waals surface area contributed by atoms with Gasteiger partial charge in [-0.2, -0.15) is 0 Å². The van der Waals surface area contributed by atoms with Crippen LogP contribution in [0.15, 0.2) is 10.5 Å². The Morgan fingerprint density at radius 3 is 2.42 bits per heavy atom. The van der Waals surface area contributed by atoms with Crippen molar-refractivity contribution in [3.63, 3.8) is 0 Å². The lowest BCUT2D eigenvalue weighted by atomic mass is 9.77. The molecule has 0 bridgehead atoms. The molecule has 1 spiro atoms. The molecule has 0 aromatic carbocycles. The third kappa shape index (κ3) is 2.79. The number of nitrogens with zero attached hydrogens (tertiary/aromatic N) is 2. The van der Waals surface area contributed by atoms with Gasteiger partial charge in [0.2, 0.25) is 5.91 Å². The predicted octanol–water partition coefficient (Wildman–Crippen LogP) is 2.25. The van der Waals surface area contributed by atoms with Crippen molar-refractivity contribution >= 4 is 17.8 Å². The highest BCUT2D eigenvalue weighted by atomic mass is 16.4. The van der Waals surface area contributed by atoms with Crippen molar-refractivity contribution in [3.05, 3.63) is 23.2 Å². The van der Waals surface area contributed by atoms with Crippen molar-refractivity contribution in [1.29, 1.82) is 0 Å². The van der Waals surface area contributed by atoms with E-state index in [0.29, 0.717) is 37.3 Å². The SMILES string of the molecule is Cc1oc(C(C)C)cc1C(=O)N1CCC2(CC1)C(C(=O)O)CC(=O)N2C. The maximum atomic E-state index is 12.9. The van der Waals surface area contributed by atoms with Crippen LogP contribution < -0.4 is 0 Å². The number of carbonyl (C=O) groups excluding carboxylic acids is 2. The minimum Gasteiger partial charge on any atom is -0.481 e. The summed E-state index contributed by atoms with van der Waals surface area (Å²) in [5, 5.41) is 9.54. The third-order valence-corrected chi connectivity index (χ3v) is 6.02. The molecule has 3 rings (SSSR count). The third-order valence-electron chi connectivity index (χ3n) is 6.02. The number of amides is 2. The first kappa shape index (κ1) is 18.5. The Balaban J connectivity index is 1.77. The van der Waals surface area contributed by atoms with Crippen LogP contribution in [-0.4, -0.2) is 58.4 Å². The number of carboxylic acid groups (broad SMARTS) is 1. The molecule has 2 fully saturated rings. The maximum absolute atomic E-state index is 12.9. The summed E-state index contributed by atoms with van der Waals surface area (Å²) in [6.07, 6.45) is 0.996. The molecule has 2 aliphatic heterocycles. The van der Waals surface area contributed by atoms with Gasteiger partial charge in [0, 0.05) is 32.5 Å². The number of carbonyl (C=O) groups is 3. The first-order chi connectivity index (χ1) is 12.2. The number of rotatable bonds is 3. The highest BCUT2D eigenvalue weighted by Crippen LogP contribution is 2.43.